The standard InChI is InChI=1S/C19H22N2O3/c1-14(2)11-12-24-18-9-3-15(4-10-18)13-20-21-19(23)16-5-7-17(22)8-6-16/h3-10,13-14,22H,11-12H2,1-2H3,(H,21,23)/b20-13-. The van der Waals surface area contributed by atoms with Gasteiger partial charge in [0.25, 0.3) is 5.91 Å². The van der Waals surface area contributed by atoms with E-state index < -0.39 is 0 Å². The second kappa shape index (κ2) is 8.72. The first-order valence-electron chi connectivity index (χ1n) is 7.90. The molecule has 2 rings (SSSR count). The van der Waals surface area contributed by atoms with E-state index in [1.54, 1.807) is 6.21 Å². The molecule has 2 aromatic rings. The minimum atomic E-state index is -0.333. The molecular weight excluding hydrogens is 304 g/mol. The molecule has 0 spiro atoms. The summed E-state index contributed by atoms with van der Waals surface area (Å²) in [4.78, 5) is 11.8. The molecule has 0 atom stereocenters. The predicted octanol–water partition coefficient (Wildman–Crippen LogP) is 3.58. The number of aromatic hydroxyl groups is 1. The molecule has 2 aromatic carbocycles. The number of hydrogen-bond donors (Lipinski definition) is 2. The van der Waals surface area contributed by atoms with Crippen LogP contribution >= 0.6 is 0 Å². The number of nitrogens with zero attached hydrogens (tertiary/aromatic N) is 1. The zero-order chi connectivity index (χ0) is 17.4. The number of rotatable bonds is 7. The van der Waals surface area contributed by atoms with Crippen molar-refractivity contribution in [2.45, 2.75) is 20.3 Å². The van der Waals surface area contributed by atoms with E-state index in [-0.39, 0.29) is 11.7 Å². The van der Waals surface area contributed by atoms with Gasteiger partial charge in [0.1, 0.15) is 11.5 Å². The van der Waals surface area contributed by atoms with Crippen molar-refractivity contribution < 1.29 is 14.6 Å². The molecule has 0 aliphatic carbocycles. The summed E-state index contributed by atoms with van der Waals surface area (Å²) >= 11 is 0. The average Bonchev–Trinajstić information content (AvgIpc) is 2.56. The van der Waals surface area contributed by atoms with Gasteiger partial charge in [-0.25, -0.2) is 5.43 Å². The Hall–Kier alpha value is -2.82. The van der Waals surface area contributed by atoms with Crippen molar-refractivity contribution in [2.75, 3.05) is 6.61 Å². The highest BCUT2D eigenvalue weighted by Crippen LogP contribution is 2.12. The van der Waals surface area contributed by atoms with E-state index in [0.717, 1.165) is 17.7 Å². The van der Waals surface area contributed by atoms with Crippen LogP contribution in [0.2, 0.25) is 0 Å². The van der Waals surface area contributed by atoms with Crippen molar-refractivity contribution in [1.82, 2.24) is 5.43 Å². The number of hydrazone groups is 1. The van der Waals surface area contributed by atoms with Gasteiger partial charge in [-0.3, -0.25) is 4.79 Å². The zero-order valence-electron chi connectivity index (χ0n) is 13.9. The molecule has 1 amide bonds. The maximum Gasteiger partial charge on any atom is 0.271 e. The second-order valence-corrected chi connectivity index (χ2v) is 5.85. The topological polar surface area (TPSA) is 70.9 Å². The molecular formula is C19H22N2O3. The Balaban J connectivity index is 1.83. The van der Waals surface area contributed by atoms with Gasteiger partial charge in [-0.2, -0.15) is 5.10 Å². The lowest BCUT2D eigenvalue weighted by molar-refractivity contribution is 0.0955. The lowest BCUT2D eigenvalue weighted by Gasteiger charge is -2.07. The van der Waals surface area contributed by atoms with Crippen molar-refractivity contribution >= 4 is 12.1 Å². The Morgan fingerprint density at radius 1 is 1.17 bits per heavy atom. The van der Waals surface area contributed by atoms with Crippen LogP contribution in [-0.4, -0.2) is 23.8 Å². The molecule has 0 radical (unpaired) electrons. The number of carbonyl (C=O) groups is 1. The quantitative estimate of drug-likeness (QED) is 0.603. The summed E-state index contributed by atoms with van der Waals surface area (Å²) in [6.45, 7) is 5.03. The zero-order valence-corrected chi connectivity index (χ0v) is 13.9. The normalized spacial score (nSPS) is 11.0. The van der Waals surface area contributed by atoms with Gasteiger partial charge in [0.2, 0.25) is 0 Å². The monoisotopic (exact) mass is 326 g/mol. The molecule has 5 nitrogen and oxygen atoms in total. The number of amides is 1. The molecule has 0 fully saturated rings. The number of hydrogen-bond acceptors (Lipinski definition) is 4. The van der Waals surface area contributed by atoms with Gasteiger partial charge < -0.3 is 9.84 Å². The summed E-state index contributed by atoms with van der Waals surface area (Å²) in [6.07, 6.45) is 2.59. The number of nitrogens with one attached hydrogen (secondary N) is 1. The summed E-state index contributed by atoms with van der Waals surface area (Å²) in [5, 5.41) is 13.1. The first-order valence-corrected chi connectivity index (χ1v) is 7.90. The van der Waals surface area contributed by atoms with Crippen LogP contribution in [0.1, 0.15) is 36.2 Å². The molecule has 0 saturated heterocycles. The minimum absolute atomic E-state index is 0.116. The van der Waals surface area contributed by atoms with Crippen LogP contribution in [-0.2, 0) is 0 Å². The molecule has 0 unspecified atom stereocenters. The average molecular weight is 326 g/mol. The van der Waals surface area contributed by atoms with E-state index in [1.807, 2.05) is 24.3 Å². The first-order chi connectivity index (χ1) is 11.5. The Morgan fingerprint density at radius 3 is 2.46 bits per heavy atom. The molecule has 0 aliphatic heterocycles. The van der Waals surface area contributed by atoms with Crippen molar-refractivity contribution in [3.63, 3.8) is 0 Å². The smallest absolute Gasteiger partial charge is 0.271 e. The van der Waals surface area contributed by atoms with Crippen molar-refractivity contribution in [2.24, 2.45) is 11.0 Å². The second-order valence-electron chi connectivity index (χ2n) is 5.85. The van der Waals surface area contributed by atoms with Gasteiger partial charge in [0, 0.05) is 5.56 Å². The van der Waals surface area contributed by atoms with E-state index in [0.29, 0.717) is 18.1 Å². The Bertz CT molecular complexity index is 677. The van der Waals surface area contributed by atoms with Crippen LogP contribution in [0.4, 0.5) is 0 Å². The Labute approximate surface area is 142 Å². The first kappa shape index (κ1) is 17.5. The van der Waals surface area contributed by atoms with E-state index in [9.17, 15) is 9.90 Å². The highest BCUT2D eigenvalue weighted by atomic mass is 16.5. The molecule has 0 aromatic heterocycles. The molecule has 0 bridgehead atoms. The molecule has 126 valence electrons. The molecule has 2 N–H and O–H groups in total. The van der Waals surface area contributed by atoms with Crippen LogP contribution in [0, 0.1) is 5.92 Å². The highest BCUT2D eigenvalue weighted by Gasteiger charge is 2.03. The largest absolute Gasteiger partial charge is 0.508 e. The molecule has 0 saturated carbocycles. The van der Waals surface area contributed by atoms with Crippen LogP contribution in [0.3, 0.4) is 0 Å². The number of phenols is 1. The van der Waals surface area contributed by atoms with Crippen LogP contribution in [0.5, 0.6) is 11.5 Å². The van der Waals surface area contributed by atoms with Crippen molar-refractivity contribution in [1.29, 1.82) is 0 Å². The molecule has 0 aliphatic rings. The maximum atomic E-state index is 11.8. The fourth-order valence-corrected chi connectivity index (χ4v) is 1.91. The minimum Gasteiger partial charge on any atom is -0.508 e. The van der Waals surface area contributed by atoms with Gasteiger partial charge in [0.15, 0.2) is 0 Å². The van der Waals surface area contributed by atoms with Crippen molar-refractivity contribution in [3.8, 4) is 11.5 Å². The number of benzene rings is 2. The lowest BCUT2D eigenvalue weighted by atomic mass is 10.1. The third-order valence-electron chi connectivity index (χ3n) is 3.35. The van der Waals surface area contributed by atoms with Gasteiger partial charge >= 0.3 is 0 Å². The van der Waals surface area contributed by atoms with Crippen LogP contribution < -0.4 is 10.2 Å². The van der Waals surface area contributed by atoms with Crippen LogP contribution in [0.15, 0.2) is 53.6 Å². The number of ether oxygens (including phenoxy) is 1. The molecule has 24 heavy (non-hydrogen) atoms. The summed E-state index contributed by atoms with van der Waals surface area (Å²) in [5.41, 5.74) is 3.73. The third kappa shape index (κ3) is 5.76. The number of carbonyl (C=O) groups excluding carboxylic acids is 1. The summed E-state index contributed by atoms with van der Waals surface area (Å²) in [6, 6.07) is 13.5. The Morgan fingerprint density at radius 2 is 1.83 bits per heavy atom. The SMILES string of the molecule is CC(C)CCOc1ccc(/C=N\NC(=O)c2ccc(O)cc2)cc1. The van der Waals surface area contributed by atoms with Gasteiger partial charge in [0.05, 0.1) is 12.8 Å². The van der Waals surface area contributed by atoms with E-state index in [1.165, 1.54) is 24.3 Å². The summed E-state index contributed by atoms with van der Waals surface area (Å²) in [5.74, 6) is 1.22. The van der Waals surface area contributed by atoms with E-state index in [4.69, 9.17) is 4.74 Å². The highest BCUT2D eigenvalue weighted by molar-refractivity contribution is 5.94. The number of phenolic OH excluding ortho intramolecular Hbond substituents is 1. The lowest BCUT2D eigenvalue weighted by Crippen LogP contribution is -2.17. The van der Waals surface area contributed by atoms with Crippen LogP contribution in [0.25, 0.3) is 0 Å². The van der Waals surface area contributed by atoms with Gasteiger partial charge in [-0.15, -0.1) is 0 Å². The maximum absolute atomic E-state index is 11.8. The van der Waals surface area contributed by atoms with Gasteiger partial charge in [-0.1, -0.05) is 13.8 Å². The van der Waals surface area contributed by atoms with E-state index >= 15 is 0 Å². The third-order valence-corrected chi connectivity index (χ3v) is 3.35. The fourth-order valence-electron chi connectivity index (χ4n) is 1.91. The van der Waals surface area contributed by atoms with E-state index in [2.05, 4.69) is 24.4 Å². The summed E-state index contributed by atoms with van der Waals surface area (Å²) < 4.78 is 5.65. The van der Waals surface area contributed by atoms with Gasteiger partial charge in [-0.05, 0) is 66.4 Å². The Kier molecular flexibility index (Phi) is 6.37. The predicted molar refractivity (Wildman–Crippen MR) is 94.6 cm³/mol. The summed E-state index contributed by atoms with van der Waals surface area (Å²) in [7, 11) is 0. The molecule has 5 heteroatoms. The fraction of sp³-hybridized carbons (Fsp3) is 0.263. The van der Waals surface area contributed by atoms with Crippen molar-refractivity contribution in [3.05, 3.63) is 59.7 Å². The molecule has 0 heterocycles.